The maximum Gasteiger partial charge on any atom is 0.231 e. The summed E-state index contributed by atoms with van der Waals surface area (Å²) in [4.78, 5) is 12.5. The number of hydrogen-bond acceptors (Lipinski definition) is 6. The molecule has 2 aromatic carbocycles. The fraction of sp³-hybridized carbons (Fsp3) is 0.318. The maximum atomic E-state index is 12.5. The number of nitrogens with zero attached hydrogens (tertiary/aromatic N) is 3. The molecule has 0 saturated carbocycles. The first kappa shape index (κ1) is 20.3. The number of aromatic nitrogens is 3. The zero-order chi connectivity index (χ0) is 21.1. The van der Waals surface area contributed by atoms with Gasteiger partial charge < -0.3 is 19.4 Å². The van der Waals surface area contributed by atoms with Crippen LogP contribution in [0.2, 0.25) is 0 Å². The van der Waals surface area contributed by atoms with Gasteiger partial charge >= 0.3 is 0 Å². The molecule has 4 rings (SSSR count). The van der Waals surface area contributed by atoms with Crippen LogP contribution in [0.15, 0.2) is 47.6 Å². The first-order chi connectivity index (χ1) is 14.5. The zero-order valence-electron chi connectivity index (χ0n) is 17.2. The number of carbonyl (C=O) groups is 1. The number of ether oxygens (including phenoxy) is 2. The number of carbonyl (C=O) groups excluding carboxylic acids is 1. The summed E-state index contributed by atoms with van der Waals surface area (Å²) in [7, 11) is 1.93. The van der Waals surface area contributed by atoms with Crippen molar-refractivity contribution in [3.63, 3.8) is 0 Å². The van der Waals surface area contributed by atoms with E-state index < -0.39 is 0 Å². The molecule has 1 amide bonds. The number of hydrogen-bond donors (Lipinski definition) is 1. The summed E-state index contributed by atoms with van der Waals surface area (Å²) < 4.78 is 12.6. The Hall–Kier alpha value is -3.00. The summed E-state index contributed by atoms with van der Waals surface area (Å²) in [5, 5.41) is 12.4. The molecular weight excluding hydrogens is 400 g/mol. The normalized spacial score (nSPS) is 13.3. The quantitative estimate of drug-likeness (QED) is 0.585. The second-order valence-electron chi connectivity index (χ2n) is 7.27. The van der Waals surface area contributed by atoms with Crippen molar-refractivity contribution in [2.45, 2.75) is 37.2 Å². The van der Waals surface area contributed by atoms with Gasteiger partial charge in [-0.1, -0.05) is 42.1 Å². The Bertz CT molecular complexity index is 1070. The van der Waals surface area contributed by atoms with Gasteiger partial charge in [0.15, 0.2) is 22.5 Å². The van der Waals surface area contributed by atoms with Crippen molar-refractivity contribution in [1.29, 1.82) is 0 Å². The highest BCUT2D eigenvalue weighted by Crippen LogP contribution is 2.32. The van der Waals surface area contributed by atoms with E-state index in [4.69, 9.17) is 9.47 Å². The monoisotopic (exact) mass is 424 g/mol. The Labute approximate surface area is 179 Å². The molecule has 0 fully saturated rings. The molecule has 0 bridgehead atoms. The summed E-state index contributed by atoms with van der Waals surface area (Å²) in [5.41, 5.74) is 3.41. The average Bonchev–Trinajstić information content (AvgIpc) is 3.33. The van der Waals surface area contributed by atoms with Gasteiger partial charge in [0, 0.05) is 12.8 Å². The molecule has 1 aliphatic heterocycles. The van der Waals surface area contributed by atoms with Crippen LogP contribution in [0.5, 0.6) is 11.5 Å². The van der Waals surface area contributed by atoms with E-state index in [9.17, 15) is 4.79 Å². The van der Waals surface area contributed by atoms with E-state index in [0.29, 0.717) is 11.5 Å². The Kier molecular flexibility index (Phi) is 5.94. The van der Waals surface area contributed by atoms with E-state index in [1.807, 2.05) is 48.9 Å². The lowest BCUT2D eigenvalue weighted by Crippen LogP contribution is -2.29. The van der Waals surface area contributed by atoms with Crippen LogP contribution in [-0.4, -0.2) is 27.5 Å². The van der Waals surface area contributed by atoms with Crippen LogP contribution in [0, 0.1) is 6.92 Å². The Morgan fingerprint density at radius 3 is 2.83 bits per heavy atom. The standard InChI is InChI=1S/C22H24N4O3S/c1-14-6-4-5-7-17(14)12-30-22-25-24-21(26(22)3)15(2)23-20(27)11-16-8-9-18-19(10-16)29-13-28-18/h4-10,15H,11-13H2,1-3H3,(H,23,27)/t15-/m1/s1. The highest BCUT2D eigenvalue weighted by Gasteiger charge is 2.19. The summed E-state index contributed by atoms with van der Waals surface area (Å²) in [6, 6.07) is 13.6. The fourth-order valence-electron chi connectivity index (χ4n) is 3.34. The Morgan fingerprint density at radius 2 is 2.00 bits per heavy atom. The zero-order valence-corrected chi connectivity index (χ0v) is 18.0. The van der Waals surface area contributed by atoms with Crippen molar-refractivity contribution in [1.82, 2.24) is 20.1 Å². The van der Waals surface area contributed by atoms with Gasteiger partial charge in [-0.05, 0) is 42.7 Å². The minimum Gasteiger partial charge on any atom is -0.454 e. The molecule has 0 unspecified atom stereocenters. The van der Waals surface area contributed by atoms with Crippen molar-refractivity contribution in [2.75, 3.05) is 6.79 Å². The second kappa shape index (κ2) is 8.79. The third-order valence-corrected chi connectivity index (χ3v) is 6.12. The largest absolute Gasteiger partial charge is 0.454 e. The first-order valence-corrected chi connectivity index (χ1v) is 10.7. The molecule has 30 heavy (non-hydrogen) atoms. The topological polar surface area (TPSA) is 78.3 Å². The highest BCUT2D eigenvalue weighted by atomic mass is 32.2. The van der Waals surface area contributed by atoms with Crippen LogP contribution in [0.3, 0.4) is 0 Å². The van der Waals surface area contributed by atoms with Gasteiger partial charge in [-0.2, -0.15) is 0 Å². The summed E-state index contributed by atoms with van der Waals surface area (Å²) in [6.07, 6.45) is 0.258. The number of nitrogens with one attached hydrogen (secondary N) is 1. The lowest BCUT2D eigenvalue weighted by atomic mass is 10.1. The molecule has 0 radical (unpaired) electrons. The van der Waals surface area contributed by atoms with E-state index >= 15 is 0 Å². The molecule has 8 heteroatoms. The molecule has 1 N–H and O–H groups in total. The third-order valence-electron chi connectivity index (χ3n) is 5.05. The number of aryl methyl sites for hydroxylation is 1. The van der Waals surface area contributed by atoms with Gasteiger partial charge in [0.05, 0.1) is 12.5 Å². The van der Waals surface area contributed by atoms with Crippen molar-refractivity contribution < 1.29 is 14.3 Å². The lowest BCUT2D eigenvalue weighted by molar-refractivity contribution is -0.121. The average molecular weight is 425 g/mol. The second-order valence-corrected chi connectivity index (χ2v) is 8.21. The van der Waals surface area contributed by atoms with Gasteiger partial charge in [-0.25, -0.2) is 0 Å². The van der Waals surface area contributed by atoms with Gasteiger partial charge in [0.2, 0.25) is 12.7 Å². The summed E-state index contributed by atoms with van der Waals surface area (Å²) in [6.45, 7) is 4.24. The van der Waals surface area contributed by atoms with Crippen LogP contribution >= 0.6 is 11.8 Å². The van der Waals surface area contributed by atoms with Gasteiger partial charge in [-0.15, -0.1) is 10.2 Å². The minimum absolute atomic E-state index is 0.0847. The fourth-order valence-corrected chi connectivity index (χ4v) is 4.33. The van der Waals surface area contributed by atoms with Gasteiger partial charge in [0.25, 0.3) is 0 Å². The van der Waals surface area contributed by atoms with E-state index in [-0.39, 0.29) is 25.2 Å². The number of thioether (sulfide) groups is 1. The number of benzene rings is 2. The molecule has 1 aromatic heterocycles. The Morgan fingerprint density at radius 1 is 1.20 bits per heavy atom. The molecule has 0 saturated heterocycles. The first-order valence-electron chi connectivity index (χ1n) is 9.75. The van der Waals surface area contributed by atoms with Crippen LogP contribution in [0.1, 0.15) is 35.5 Å². The molecule has 3 aromatic rings. The Balaban J connectivity index is 1.36. The molecule has 2 heterocycles. The van der Waals surface area contributed by atoms with E-state index in [2.05, 4.69) is 34.6 Å². The number of amides is 1. The predicted molar refractivity (Wildman–Crippen MR) is 115 cm³/mol. The van der Waals surface area contributed by atoms with Crippen LogP contribution in [0.25, 0.3) is 0 Å². The molecule has 0 spiro atoms. The van der Waals surface area contributed by atoms with Crippen molar-refractivity contribution in [2.24, 2.45) is 7.05 Å². The molecule has 0 aliphatic carbocycles. The summed E-state index contributed by atoms with van der Waals surface area (Å²) >= 11 is 1.64. The molecule has 7 nitrogen and oxygen atoms in total. The molecule has 1 aliphatic rings. The van der Waals surface area contributed by atoms with E-state index in [1.165, 1.54) is 11.1 Å². The lowest BCUT2D eigenvalue weighted by Gasteiger charge is -2.14. The summed E-state index contributed by atoms with van der Waals surface area (Å²) in [5.74, 6) is 2.85. The minimum atomic E-state index is -0.253. The smallest absolute Gasteiger partial charge is 0.231 e. The SMILES string of the molecule is Cc1ccccc1CSc1nnc([C@@H](C)NC(=O)Cc2ccc3c(c2)OCO3)n1C. The van der Waals surface area contributed by atoms with Crippen LogP contribution < -0.4 is 14.8 Å². The molecule has 156 valence electrons. The van der Waals surface area contributed by atoms with E-state index in [0.717, 1.165) is 22.3 Å². The van der Waals surface area contributed by atoms with Crippen molar-refractivity contribution in [3.05, 3.63) is 65.0 Å². The van der Waals surface area contributed by atoms with Crippen molar-refractivity contribution in [3.8, 4) is 11.5 Å². The van der Waals surface area contributed by atoms with Crippen molar-refractivity contribution >= 4 is 17.7 Å². The number of rotatable bonds is 7. The van der Waals surface area contributed by atoms with Gasteiger partial charge in [0.1, 0.15) is 0 Å². The molecular formula is C22H24N4O3S. The molecule has 1 atom stereocenters. The third kappa shape index (κ3) is 4.43. The highest BCUT2D eigenvalue weighted by molar-refractivity contribution is 7.98. The van der Waals surface area contributed by atoms with E-state index in [1.54, 1.807) is 11.8 Å². The number of fused-ring (bicyclic) bond motifs is 1. The van der Waals surface area contributed by atoms with Gasteiger partial charge in [-0.3, -0.25) is 4.79 Å². The van der Waals surface area contributed by atoms with Crippen LogP contribution in [-0.2, 0) is 24.0 Å². The predicted octanol–water partition coefficient (Wildman–Crippen LogP) is 3.56. The maximum absolute atomic E-state index is 12.5. The van der Waals surface area contributed by atoms with Crippen LogP contribution in [0.4, 0.5) is 0 Å².